The second-order valence-electron chi connectivity index (χ2n) is 10.6. The Morgan fingerprint density at radius 2 is 1.69 bits per heavy atom. The van der Waals surface area contributed by atoms with Crippen LogP contribution >= 0.6 is 0 Å². The van der Waals surface area contributed by atoms with Crippen molar-refractivity contribution in [1.29, 1.82) is 0 Å². The zero-order valence-corrected chi connectivity index (χ0v) is 22.1. The molecule has 2 aliphatic rings. The summed E-state index contributed by atoms with van der Waals surface area (Å²) in [5, 5.41) is 7.12. The summed E-state index contributed by atoms with van der Waals surface area (Å²) in [4.78, 5) is 46.4. The van der Waals surface area contributed by atoms with E-state index < -0.39 is 12.1 Å². The lowest BCUT2D eigenvalue weighted by Gasteiger charge is -2.37. The Labute approximate surface area is 227 Å². The van der Waals surface area contributed by atoms with Gasteiger partial charge in [-0.1, -0.05) is 73.7 Å². The van der Waals surface area contributed by atoms with E-state index in [1.807, 2.05) is 86.6 Å². The summed E-state index contributed by atoms with van der Waals surface area (Å²) in [7, 11) is 0. The van der Waals surface area contributed by atoms with Crippen molar-refractivity contribution in [2.24, 2.45) is 0 Å². The Kier molecular flexibility index (Phi) is 6.43. The number of carbonyl (C=O) groups is 3. The number of H-pyrrole nitrogens is 1. The summed E-state index contributed by atoms with van der Waals surface area (Å²) in [6.07, 6.45) is 1.51. The summed E-state index contributed by atoms with van der Waals surface area (Å²) in [6.45, 7) is 3.96. The molecule has 4 aromatic rings. The van der Waals surface area contributed by atoms with Crippen LogP contribution in [0.1, 0.15) is 59.1 Å². The minimum atomic E-state index is -0.767. The van der Waals surface area contributed by atoms with E-state index in [1.165, 1.54) is 0 Å². The number of aromatic nitrogens is 1. The Hall–Kier alpha value is -4.39. The maximum atomic E-state index is 14.1. The molecule has 2 aliphatic heterocycles. The zero-order valence-electron chi connectivity index (χ0n) is 22.1. The molecule has 0 bridgehead atoms. The molecule has 3 amide bonds. The largest absolute Gasteiger partial charge is 0.356 e. The summed E-state index contributed by atoms with van der Waals surface area (Å²) < 4.78 is 0. The Morgan fingerprint density at radius 1 is 0.974 bits per heavy atom. The van der Waals surface area contributed by atoms with Gasteiger partial charge in [-0.3, -0.25) is 14.4 Å². The molecule has 0 aliphatic carbocycles. The van der Waals surface area contributed by atoms with Crippen molar-refractivity contribution < 1.29 is 14.4 Å². The molecule has 1 aromatic heterocycles. The molecule has 0 unspecified atom stereocenters. The van der Waals surface area contributed by atoms with Crippen LogP contribution in [-0.2, 0) is 22.4 Å². The van der Waals surface area contributed by atoms with Gasteiger partial charge < -0.3 is 20.5 Å². The highest BCUT2D eigenvalue weighted by molar-refractivity contribution is 6.04. The van der Waals surface area contributed by atoms with Crippen LogP contribution in [0.2, 0.25) is 0 Å². The SMILES string of the molecule is CC[C@H](C)NC(=O)[C@H](Cc1ccccc1)NC(=O)[C@@H]1Cc2c([nH]c3ccccc23)[C@H]2c3ccccc3C(=O)N21. The van der Waals surface area contributed by atoms with E-state index >= 15 is 0 Å². The smallest absolute Gasteiger partial charge is 0.255 e. The van der Waals surface area contributed by atoms with Gasteiger partial charge in [0.1, 0.15) is 12.1 Å². The molecule has 7 nitrogen and oxygen atoms in total. The number of fused-ring (bicyclic) bond motifs is 7. The fraction of sp³-hybridized carbons (Fsp3) is 0.281. The van der Waals surface area contributed by atoms with E-state index in [0.29, 0.717) is 18.4 Å². The Bertz CT molecular complexity index is 1560. The van der Waals surface area contributed by atoms with Gasteiger partial charge in [0, 0.05) is 41.0 Å². The normalized spacial score (nSPS) is 19.1. The predicted molar refractivity (Wildman–Crippen MR) is 150 cm³/mol. The van der Waals surface area contributed by atoms with Crippen molar-refractivity contribution in [3.8, 4) is 0 Å². The second kappa shape index (κ2) is 10.1. The van der Waals surface area contributed by atoms with E-state index in [0.717, 1.165) is 39.7 Å². The quantitative estimate of drug-likeness (QED) is 0.340. The lowest BCUT2D eigenvalue weighted by Crippen LogP contribution is -2.57. The molecule has 3 N–H and O–H groups in total. The van der Waals surface area contributed by atoms with Gasteiger partial charge >= 0.3 is 0 Å². The fourth-order valence-electron chi connectivity index (χ4n) is 5.91. The van der Waals surface area contributed by atoms with Gasteiger partial charge in [-0.15, -0.1) is 0 Å². The highest BCUT2D eigenvalue weighted by atomic mass is 16.2. The average molecular weight is 521 g/mol. The highest BCUT2D eigenvalue weighted by Crippen LogP contribution is 2.46. The molecule has 3 heterocycles. The number of carbonyl (C=O) groups excluding carboxylic acids is 3. The number of hydrogen-bond acceptors (Lipinski definition) is 3. The van der Waals surface area contributed by atoms with E-state index in [9.17, 15) is 14.4 Å². The molecular formula is C32H32N4O3. The van der Waals surface area contributed by atoms with Crippen LogP contribution in [0.4, 0.5) is 0 Å². The Morgan fingerprint density at radius 3 is 2.49 bits per heavy atom. The van der Waals surface area contributed by atoms with Crippen molar-refractivity contribution in [3.63, 3.8) is 0 Å². The van der Waals surface area contributed by atoms with Gasteiger partial charge in [-0.05, 0) is 42.2 Å². The lowest BCUT2D eigenvalue weighted by molar-refractivity contribution is -0.132. The number of benzene rings is 3. The average Bonchev–Trinajstić information content (AvgIpc) is 3.48. The summed E-state index contributed by atoms with van der Waals surface area (Å²) in [5.74, 6) is -0.709. The van der Waals surface area contributed by atoms with Crippen LogP contribution in [-0.4, -0.2) is 45.7 Å². The topological polar surface area (TPSA) is 94.3 Å². The van der Waals surface area contributed by atoms with Gasteiger partial charge in [-0.2, -0.15) is 0 Å². The van der Waals surface area contributed by atoms with Crippen LogP contribution in [0.5, 0.6) is 0 Å². The highest BCUT2D eigenvalue weighted by Gasteiger charge is 2.49. The van der Waals surface area contributed by atoms with Crippen LogP contribution < -0.4 is 10.6 Å². The van der Waals surface area contributed by atoms with Gasteiger partial charge in [0.2, 0.25) is 11.8 Å². The van der Waals surface area contributed by atoms with Gasteiger partial charge in [0.15, 0.2) is 0 Å². The monoisotopic (exact) mass is 520 g/mol. The Balaban J connectivity index is 1.37. The first kappa shape index (κ1) is 24.9. The number of rotatable bonds is 7. The third kappa shape index (κ3) is 4.38. The molecule has 7 heteroatoms. The number of amides is 3. The number of para-hydroxylation sites is 1. The lowest BCUT2D eigenvalue weighted by atomic mass is 9.89. The second-order valence-corrected chi connectivity index (χ2v) is 10.6. The molecule has 0 saturated heterocycles. The van der Waals surface area contributed by atoms with Crippen LogP contribution in [0.15, 0.2) is 78.9 Å². The molecule has 0 spiro atoms. The first-order valence-corrected chi connectivity index (χ1v) is 13.6. The van der Waals surface area contributed by atoms with E-state index in [4.69, 9.17) is 0 Å². The predicted octanol–water partition coefficient (Wildman–Crippen LogP) is 4.28. The zero-order chi connectivity index (χ0) is 27.1. The van der Waals surface area contributed by atoms with Crippen LogP contribution in [0, 0.1) is 0 Å². The molecule has 4 atom stereocenters. The van der Waals surface area contributed by atoms with E-state index in [2.05, 4.69) is 21.7 Å². The van der Waals surface area contributed by atoms with E-state index in [1.54, 1.807) is 4.90 Å². The standard InChI is InChI=1S/C32H32N4O3/c1-3-19(2)33-30(37)26(17-20-11-5-4-6-12-20)35-31(38)27-18-24-21-13-9-10-16-25(21)34-28(24)29-22-14-7-8-15-23(22)32(39)36(27)29/h4-16,19,26-27,29,34H,3,17-18H2,1-2H3,(H,33,37)(H,35,38)/t19-,26-,27-,29+/m0/s1. The molecule has 0 radical (unpaired) electrons. The summed E-state index contributed by atoms with van der Waals surface area (Å²) in [6, 6.07) is 23.3. The van der Waals surface area contributed by atoms with Crippen molar-refractivity contribution in [2.45, 2.75) is 57.3 Å². The molecule has 0 saturated carbocycles. The number of nitrogens with zero attached hydrogens (tertiary/aromatic N) is 1. The minimum Gasteiger partial charge on any atom is -0.356 e. The maximum Gasteiger partial charge on any atom is 0.255 e. The third-order valence-electron chi connectivity index (χ3n) is 8.07. The number of nitrogens with one attached hydrogen (secondary N) is 3. The van der Waals surface area contributed by atoms with Crippen molar-refractivity contribution >= 4 is 28.6 Å². The van der Waals surface area contributed by atoms with Crippen molar-refractivity contribution in [2.75, 3.05) is 0 Å². The number of aromatic amines is 1. The van der Waals surface area contributed by atoms with Crippen LogP contribution in [0.3, 0.4) is 0 Å². The molecular weight excluding hydrogens is 488 g/mol. The molecule has 3 aromatic carbocycles. The first-order chi connectivity index (χ1) is 19.0. The summed E-state index contributed by atoms with van der Waals surface area (Å²) >= 11 is 0. The van der Waals surface area contributed by atoms with Crippen molar-refractivity contribution in [3.05, 3.63) is 107 Å². The van der Waals surface area contributed by atoms with Gasteiger partial charge in [-0.25, -0.2) is 0 Å². The first-order valence-electron chi connectivity index (χ1n) is 13.6. The number of hydrogen-bond donors (Lipinski definition) is 3. The molecule has 0 fully saturated rings. The van der Waals surface area contributed by atoms with Crippen LogP contribution in [0.25, 0.3) is 10.9 Å². The maximum absolute atomic E-state index is 14.1. The molecule has 198 valence electrons. The minimum absolute atomic E-state index is 0.0184. The van der Waals surface area contributed by atoms with Crippen molar-refractivity contribution in [1.82, 2.24) is 20.5 Å². The third-order valence-corrected chi connectivity index (χ3v) is 8.07. The summed E-state index contributed by atoms with van der Waals surface area (Å²) in [5.41, 5.74) is 5.43. The van der Waals surface area contributed by atoms with E-state index in [-0.39, 0.29) is 29.8 Å². The molecule has 6 rings (SSSR count). The van der Waals surface area contributed by atoms with Gasteiger partial charge in [0.25, 0.3) is 5.91 Å². The fourth-order valence-corrected chi connectivity index (χ4v) is 5.91. The van der Waals surface area contributed by atoms with Gasteiger partial charge in [0.05, 0.1) is 6.04 Å². The molecule has 39 heavy (non-hydrogen) atoms.